The van der Waals surface area contributed by atoms with Crippen LogP contribution in [-0.4, -0.2) is 48.0 Å². The highest BCUT2D eigenvalue weighted by Crippen LogP contribution is 2.33. The molecule has 1 atom stereocenters. The molecule has 3 aliphatic rings. The largest absolute Gasteiger partial charge is 0.477 e. The Bertz CT molecular complexity index is 615. The molecule has 1 aromatic rings. The van der Waals surface area contributed by atoms with E-state index in [1.54, 1.807) is 12.1 Å². The summed E-state index contributed by atoms with van der Waals surface area (Å²) >= 11 is 0. The number of rotatable bonds is 3. The third-order valence-electron chi connectivity index (χ3n) is 4.90. The fourth-order valence-corrected chi connectivity index (χ4v) is 3.47. The molecule has 1 unspecified atom stereocenters. The highest BCUT2D eigenvalue weighted by molar-refractivity contribution is 5.84. The number of likely N-dealkylation sites (N-methyl/N-ethyl adjacent to an activating group) is 1. The summed E-state index contributed by atoms with van der Waals surface area (Å²) in [5.74, 6) is -0.0922. The van der Waals surface area contributed by atoms with Crippen LogP contribution in [0.25, 0.3) is 0 Å². The number of fused-ring (bicyclic) bond motifs is 1. The summed E-state index contributed by atoms with van der Waals surface area (Å²) in [4.78, 5) is 16.4. The Kier molecular flexibility index (Phi) is 3.33. The smallest absolute Gasteiger partial charge is 0.263 e. The number of halogens is 1. The lowest BCUT2D eigenvalue weighted by Crippen LogP contribution is -2.34. The topological polar surface area (TPSA) is 32.8 Å². The maximum atomic E-state index is 14.3. The highest BCUT2D eigenvalue weighted by Gasteiger charge is 2.41. The SMILES string of the molecule is CN1CCc2cc(OC3CCN(C4CC4)C3=O)c(F)cc2C1. The molecule has 4 rings (SSSR count). The normalized spacial score (nSPS) is 25.5. The lowest BCUT2D eigenvalue weighted by atomic mass is 9.99. The number of likely N-dealkylation sites (tertiary alicyclic amines) is 1. The van der Waals surface area contributed by atoms with E-state index in [-0.39, 0.29) is 17.5 Å². The summed E-state index contributed by atoms with van der Waals surface area (Å²) in [6.07, 6.45) is 3.24. The van der Waals surface area contributed by atoms with Crippen LogP contribution in [0.15, 0.2) is 12.1 Å². The van der Waals surface area contributed by atoms with Gasteiger partial charge in [-0.15, -0.1) is 0 Å². The summed E-state index contributed by atoms with van der Waals surface area (Å²) in [5.41, 5.74) is 2.16. The Labute approximate surface area is 129 Å². The van der Waals surface area contributed by atoms with Gasteiger partial charge >= 0.3 is 0 Å². The molecule has 1 saturated heterocycles. The summed E-state index contributed by atoms with van der Waals surface area (Å²) in [7, 11) is 2.04. The number of ether oxygens (including phenoxy) is 1. The lowest BCUT2D eigenvalue weighted by molar-refractivity contribution is -0.133. The van der Waals surface area contributed by atoms with E-state index in [1.165, 1.54) is 0 Å². The first kappa shape index (κ1) is 14.0. The molecule has 4 nitrogen and oxygen atoms in total. The Morgan fingerprint density at radius 2 is 2.00 bits per heavy atom. The molecule has 118 valence electrons. The van der Waals surface area contributed by atoms with Crippen molar-refractivity contribution in [2.45, 2.75) is 44.4 Å². The van der Waals surface area contributed by atoms with Crippen molar-refractivity contribution >= 4 is 5.91 Å². The van der Waals surface area contributed by atoms with E-state index in [0.717, 1.165) is 50.0 Å². The highest BCUT2D eigenvalue weighted by atomic mass is 19.1. The molecule has 1 amide bonds. The minimum Gasteiger partial charge on any atom is -0.477 e. The van der Waals surface area contributed by atoms with E-state index in [2.05, 4.69) is 4.90 Å². The molecule has 1 saturated carbocycles. The van der Waals surface area contributed by atoms with Gasteiger partial charge in [-0.3, -0.25) is 4.79 Å². The molecule has 2 aliphatic heterocycles. The summed E-state index contributed by atoms with van der Waals surface area (Å²) in [6, 6.07) is 3.77. The molecule has 5 heteroatoms. The van der Waals surface area contributed by atoms with Crippen molar-refractivity contribution in [3.63, 3.8) is 0 Å². The van der Waals surface area contributed by atoms with Gasteiger partial charge in [0.05, 0.1) is 0 Å². The van der Waals surface area contributed by atoms with Gasteiger partial charge in [0.15, 0.2) is 17.7 Å². The van der Waals surface area contributed by atoms with Crippen LogP contribution >= 0.6 is 0 Å². The second-order valence-electron chi connectivity index (χ2n) is 6.70. The van der Waals surface area contributed by atoms with Crippen molar-refractivity contribution in [1.82, 2.24) is 9.80 Å². The van der Waals surface area contributed by atoms with Crippen molar-refractivity contribution in [2.24, 2.45) is 0 Å². The molecule has 0 aromatic heterocycles. The molecule has 0 N–H and O–H groups in total. The van der Waals surface area contributed by atoms with Gasteiger partial charge in [-0.25, -0.2) is 4.39 Å². The summed E-state index contributed by atoms with van der Waals surface area (Å²) < 4.78 is 20.0. The molecule has 1 aromatic carbocycles. The van der Waals surface area contributed by atoms with E-state index in [4.69, 9.17) is 4.74 Å². The van der Waals surface area contributed by atoms with Crippen molar-refractivity contribution in [3.8, 4) is 5.75 Å². The summed E-state index contributed by atoms with van der Waals surface area (Å²) in [5, 5.41) is 0. The fraction of sp³-hybridized carbons (Fsp3) is 0.588. The predicted molar refractivity (Wildman–Crippen MR) is 80.2 cm³/mol. The quantitative estimate of drug-likeness (QED) is 0.856. The Hall–Kier alpha value is -1.62. The van der Waals surface area contributed by atoms with E-state index < -0.39 is 6.10 Å². The molecule has 0 radical (unpaired) electrons. The molecular weight excluding hydrogens is 283 g/mol. The van der Waals surface area contributed by atoms with Crippen molar-refractivity contribution in [1.29, 1.82) is 0 Å². The van der Waals surface area contributed by atoms with Crippen LogP contribution in [0.4, 0.5) is 4.39 Å². The zero-order valence-electron chi connectivity index (χ0n) is 12.8. The number of amides is 1. The van der Waals surface area contributed by atoms with Gasteiger partial charge in [0.2, 0.25) is 0 Å². The number of hydrogen-bond acceptors (Lipinski definition) is 3. The Balaban J connectivity index is 1.52. The first-order chi connectivity index (χ1) is 10.6. The van der Waals surface area contributed by atoms with Crippen molar-refractivity contribution in [3.05, 3.63) is 29.1 Å². The van der Waals surface area contributed by atoms with Gasteiger partial charge in [-0.1, -0.05) is 0 Å². The average Bonchev–Trinajstić information content (AvgIpc) is 3.26. The average molecular weight is 304 g/mol. The van der Waals surface area contributed by atoms with Crippen LogP contribution in [0, 0.1) is 5.82 Å². The molecule has 0 bridgehead atoms. The van der Waals surface area contributed by atoms with E-state index in [1.807, 2.05) is 11.9 Å². The first-order valence-corrected chi connectivity index (χ1v) is 8.09. The van der Waals surface area contributed by atoms with Crippen molar-refractivity contribution < 1.29 is 13.9 Å². The summed E-state index contributed by atoms with van der Waals surface area (Å²) in [6.45, 7) is 2.48. The van der Waals surface area contributed by atoms with Crippen LogP contribution in [0.1, 0.15) is 30.4 Å². The number of nitrogens with zero attached hydrogens (tertiary/aromatic N) is 2. The zero-order valence-corrected chi connectivity index (χ0v) is 12.8. The molecular formula is C17H21FN2O2. The molecule has 2 fully saturated rings. The fourth-order valence-electron chi connectivity index (χ4n) is 3.47. The van der Waals surface area contributed by atoms with Crippen LogP contribution in [-0.2, 0) is 17.8 Å². The first-order valence-electron chi connectivity index (χ1n) is 8.09. The lowest BCUT2D eigenvalue weighted by Gasteiger charge is -2.26. The molecule has 22 heavy (non-hydrogen) atoms. The van der Waals surface area contributed by atoms with Crippen LogP contribution in [0.5, 0.6) is 5.75 Å². The molecule has 0 spiro atoms. The molecule has 1 aliphatic carbocycles. The second-order valence-corrected chi connectivity index (χ2v) is 6.70. The molecule has 2 heterocycles. The third kappa shape index (κ3) is 2.47. The Morgan fingerprint density at radius 1 is 1.18 bits per heavy atom. The van der Waals surface area contributed by atoms with E-state index >= 15 is 0 Å². The van der Waals surface area contributed by atoms with Gasteiger partial charge in [-0.05, 0) is 49.6 Å². The standard InChI is InChI=1S/C17H21FN2O2/c1-19-6-4-11-9-16(14(18)8-12(11)10-19)22-15-5-7-20(17(15)21)13-2-3-13/h8-9,13,15H,2-7,10H2,1H3. The monoisotopic (exact) mass is 304 g/mol. The van der Waals surface area contributed by atoms with Gasteiger partial charge in [-0.2, -0.15) is 0 Å². The van der Waals surface area contributed by atoms with Crippen LogP contribution < -0.4 is 4.74 Å². The van der Waals surface area contributed by atoms with Gasteiger partial charge in [0, 0.05) is 32.1 Å². The number of hydrogen-bond donors (Lipinski definition) is 0. The minimum absolute atomic E-state index is 0.0272. The zero-order chi connectivity index (χ0) is 15.3. The number of carbonyl (C=O) groups excluding carboxylic acids is 1. The van der Waals surface area contributed by atoms with Gasteiger partial charge in [0.25, 0.3) is 5.91 Å². The second kappa shape index (κ2) is 5.23. The maximum Gasteiger partial charge on any atom is 0.263 e. The van der Waals surface area contributed by atoms with Crippen molar-refractivity contribution in [2.75, 3.05) is 20.1 Å². The third-order valence-corrected chi connectivity index (χ3v) is 4.90. The number of carbonyl (C=O) groups is 1. The van der Waals surface area contributed by atoms with Crippen LogP contribution in [0.3, 0.4) is 0 Å². The van der Waals surface area contributed by atoms with Gasteiger partial charge in [0.1, 0.15) is 0 Å². The van der Waals surface area contributed by atoms with Crippen LogP contribution in [0.2, 0.25) is 0 Å². The number of benzene rings is 1. The minimum atomic E-state index is -0.514. The Morgan fingerprint density at radius 3 is 2.77 bits per heavy atom. The van der Waals surface area contributed by atoms with Gasteiger partial charge < -0.3 is 14.5 Å². The van der Waals surface area contributed by atoms with E-state index in [9.17, 15) is 9.18 Å². The van der Waals surface area contributed by atoms with E-state index in [0.29, 0.717) is 12.5 Å². The maximum absolute atomic E-state index is 14.3. The predicted octanol–water partition coefficient (Wildman–Crippen LogP) is 1.96.